The molecule has 2 aromatic rings. The van der Waals surface area contributed by atoms with Gasteiger partial charge in [0.15, 0.2) is 5.82 Å². The van der Waals surface area contributed by atoms with Gasteiger partial charge in [-0.05, 0) is 6.42 Å². The quantitative estimate of drug-likeness (QED) is 0.817. The van der Waals surface area contributed by atoms with Gasteiger partial charge in [0.25, 0.3) is 0 Å². The largest absolute Gasteiger partial charge is 0.369 e. The second-order valence-electron chi connectivity index (χ2n) is 3.16. The summed E-state index contributed by atoms with van der Waals surface area (Å²) in [5, 5.41) is 3.19. The van der Waals surface area contributed by atoms with E-state index in [-0.39, 0.29) is 0 Å². The number of nitrogens with one attached hydrogen (secondary N) is 1. The topological polar surface area (TPSA) is 55.6 Å². The summed E-state index contributed by atoms with van der Waals surface area (Å²) < 4.78 is 1.82. The lowest BCUT2D eigenvalue weighted by molar-refractivity contribution is 0.937. The van der Waals surface area contributed by atoms with Crippen molar-refractivity contribution in [1.82, 2.24) is 19.5 Å². The van der Waals surface area contributed by atoms with E-state index in [4.69, 9.17) is 0 Å². The maximum atomic E-state index is 4.40. The highest BCUT2D eigenvalue weighted by Gasteiger charge is 1.99. The molecule has 0 fully saturated rings. The summed E-state index contributed by atoms with van der Waals surface area (Å²) in [6, 6.07) is 0. The van der Waals surface area contributed by atoms with Crippen molar-refractivity contribution in [3.63, 3.8) is 0 Å². The zero-order valence-corrected chi connectivity index (χ0v) is 8.59. The molecule has 0 saturated heterocycles. The van der Waals surface area contributed by atoms with Gasteiger partial charge in [0.2, 0.25) is 0 Å². The predicted octanol–water partition coefficient (Wildman–Crippen LogP) is 1.48. The lowest BCUT2D eigenvalue weighted by Crippen LogP contribution is -2.04. The van der Waals surface area contributed by atoms with Crippen LogP contribution < -0.4 is 5.32 Å². The summed E-state index contributed by atoms with van der Waals surface area (Å²) >= 11 is 0. The number of aromatic nitrogens is 4. The van der Waals surface area contributed by atoms with Crippen molar-refractivity contribution in [2.75, 3.05) is 11.9 Å². The molecule has 0 aromatic carbocycles. The van der Waals surface area contributed by atoms with Gasteiger partial charge in [-0.2, -0.15) is 0 Å². The molecule has 0 atom stereocenters. The molecule has 5 heteroatoms. The Balaban J connectivity index is 2.19. The minimum absolute atomic E-state index is 0.772. The van der Waals surface area contributed by atoms with Crippen molar-refractivity contribution in [2.45, 2.75) is 13.3 Å². The van der Waals surface area contributed by atoms with Crippen molar-refractivity contribution in [3.8, 4) is 5.82 Å². The van der Waals surface area contributed by atoms with Crippen LogP contribution in [0.3, 0.4) is 0 Å². The monoisotopic (exact) mass is 203 g/mol. The molecule has 78 valence electrons. The van der Waals surface area contributed by atoms with Crippen molar-refractivity contribution < 1.29 is 0 Å². The van der Waals surface area contributed by atoms with Crippen molar-refractivity contribution in [3.05, 3.63) is 31.1 Å². The molecule has 0 bridgehead atoms. The Morgan fingerprint density at radius 2 is 2.27 bits per heavy atom. The Kier molecular flexibility index (Phi) is 2.92. The molecule has 0 unspecified atom stereocenters. The second kappa shape index (κ2) is 4.54. The van der Waals surface area contributed by atoms with Gasteiger partial charge in [-0.15, -0.1) is 0 Å². The first-order valence-corrected chi connectivity index (χ1v) is 4.94. The Bertz CT molecular complexity index is 410. The molecule has 0 saturated carbocycles. The summed E-state index contributed by atoms with van der Waals surface area (Å²) in [5.41, 5.74) is 0. The minimum Gasteiger partial charge on any atom is -0.369 e. The Morgan fingerprint density at radius 3 is 3.00 bits per heavy atom. The molecule has 2 heterocycles. The van der Waals surface area contributed by atoms with Crippen molar-refractivity contribution in [2.24, 2.45) is 0 Å². The number of rotatable bonds is 4. The molecule has 0 amide bonds. The number of imidazole rings is 1. The fourth-order valence-electron chi connectivity index (χ4n) is 1.21. The zero-order valence-electron chi connectivity index (χ0n) is 8.59. The van der Waals surface area contributed by atoms with E-state index in [1.807, 2.05) is 10.8 Å². The van der Waals surface area contributed by atoms with E-state index in [1.165, 1.54) is 0 Å². The van der Waals surface area contributed by atoms with Crippen LogP contribution in [0.4, 0.5) is 5.82 Å². The molecule has 2 rings (SSSR count). The molecule has 15 heavy (non-hydrogen) atoms. The molecule has 5 nitrogen and oxygen atoms in total. The second-order valence-corrected chi connectivity index (χ2v) is 3.16. The molecule has 1 N–H and O–H groups in total. The average Bonchev–Trinajstić information content (AvgIpc) is 2.80. The summed E-state index contributed by atoms with van der Waals surface area (Å²) in [7, 11) is 0. The maximum absolute atomic E-state index is 4.40. The highest BCUT2D eigenvalue weighted by atomic mass is 15.1. The SMILES string of the molecule is CCCNc1cncc(-n2ccnc2)n1. The maximum Gasteiger partial charge on any atom is 0.158 e. The third kappa shape index (κ3) is 2.31. The van der Waals surface area contributed by atoms with Crippen molar-refractivity contribution >= 4 is 5.82 Å². The van der Waals surface area contributed by atoms with Gasteiger partial charge in [-0.3, -0.25) is 9.55 Å². The van der Waals surface area contributed by atoms with E-state index >= 15 is 0 Å². The van der Waals surface area contributed by atoms with Crippen LogP contribution >= 0.6 is 0 Å². The van der Waals surface area contributed by atoms with E-state index < -0.39 is 0 Å². The molecule has 0 aliphatic rings. The first-order chi connectivity index (χ1) is 7.40. The first-order valence-electron chi connectivity index (χ1n) is 4.94. The molecule has 2 aromatic heterocycles. The Labute approximate surface area is 88.2 Å². The molecule has 0 aliphatic heterocycles. The lowest BCUT2D eigenvalue weighted by atomic mass is 10.5. The molecular weight excluding hydrogens is 190 g/mol. The molecule has 0 radical (unpaired) electrons. The number of hydrogen-bond donors (Lipinski definition) is 1. The smallest absolute Gasteiger partial charge is 0.158 e. The van der Waals surface area contributed by atoms with E-state index in [2.05, 4.69) is 27.2 Å². The summed E-state index contributed by atoms with van der Waals surface area (Å²) in [6.45, 7) is 3.02. The number of nitrogens with zero attached hydrogens (tertiary/aromatic N) is 4. The van der Waals surface area contributed by atoms with E-state index in [1.54, 1.807) is 24.9 Å². The van der Waals surface area contributed by atoms with Crippen LogP contribution in [0, 0.1) is 0 Å². The third-order valence-electron chi connectivity index (χ3n) is 1.95. The molecule has 0 aliphatic carbocycles. The highest BCUT2D eigenvalue weighted by molar-refractivity contribution is 5.35. The standard InChI is InChI=1S/C10H13N5/c1-2-3-13-9-6-12-7-10(14-9)15-5-4-11-8-15/h4-8H,2-3H2,1H3,(H,13,14). The van der Waals surface area contributed by atoms with Crippen LogP contribution in [-0.2, 0) is 0 Å². The van der Waals surface area contributed by atoms with E-state index in [9.17, 15) is 0 Å². The predicted molar refractivity (Wildman–Crippen MR) is 57.9 cm³/mol. The van der Waals surface area contributed by atoms with Gasteiger partial charge in [-0.25, -0.2) is 9.97 Å². The van der Waals surface area contributed by atoms with Crippen LogP contribution in [-0.4, -0.2) is 26.1 Å². The minimum atomic E-state index is 0.772. The molecule has 0 spiro atoms. The van der Waals surface area contributed by atoms with Gasteiger partial charge in [0, 0.05) is 18.9 Å². The normalized spacial score (nSPS) is 10.2. The summed E-state index contributed by atoms with van der Waals surface area (Å²) in [5.74, 6) is 1.57. The number of anilines is 1. The van der Waals surface area contributed by atoms with Crippen LogP contribution in [0.1, 0.15) is 13.3 Å². The van der Waals surface area contributed by atoms with Gasteiger partial charge < -0.3 is 5.32 Å². The molecular formula is C10H13N5. The van der Waals surface area contributed by atoms with E-state index in [0.717, 1.165) is 24.6 Å². The van der Waals surface area contributed by atoms with Crippen LogP contribution in [0.2, 0.25) is 0 Å². The van der Waals surface area contributed by atoms with Gasteiger partial charge >= 0.3 is 0 Å². The Hall–Kier alpha value is -1.91. The lowest BCUT2D eigenvalue weighted by Gasteiger charge is -2.05. The highest BCUT2D eigenvalue weighted by Crippen LogP contribution is 2.06. The van der Waals surface area contributed by atoms with Gasteiger partial charge in [0.05, 0.1) is 12.4 Å². The zero-order chi connectivity index (χ0) is 10.5. The Morgan fingerprint density at radius 1 is 1.33 bits per heavy atom. The summed E-state index contributed by atoms with van der Waals surface area (Å²) in [6.07, 6.45) is 9.75. The fraction of sp³-hybridized carbons (Fsp3) is 0.300. The van der Waals surface area contributed by atoms with E-state index in [0.29, 0.717) is 0 Å². The van der Waals surface area contributed by atoms with Gasteiger partial charge in [-0.1, -0.05) is 6.92 Å². The summed E-state index contributed by atoms with van der Waals surface area (Å²) in [4.78, 5) is 12.5. The van der Waals surface area contributed by atoms with Gasteiger partial charge in [0.1, 0.15) is 12.1 Å². The van der Waals surface area contributed by atoms with Crippen LogP contribution in [0.15, 0.2) is 31.1 Å². The first kappa shape index (κ1) is 9.64. The third-order valence-corrected chi connectivity index (χ3v) is 1.95. The fourth-order valence-corrected chi connectivity index (χ4v) is 1.21. The number of hydrogen-bond acceptors (Lipinski definition) is 4. The average molecular weight is 203 g/mol. The van der Waals surface area contributed by atoms with Crippen LogP contribution in [0.25, 0.3) is 5.82 Å². The van der Waals surface area contributed by atoms with Crippen molar-refractivity contribution in [1.29, 1.82) is 0 Å². The van der Waals surface area contributed by atoms with Crippen LogP contribution in [0.5, 0.6) is 0 Å².